The molecule has 0 aromatic heterocycles. The van der Waals surface area contributed by atoms with Gasteiger partial charge in [-0.1, -0.05) is 17.7 Å². The van der Waals surface area contributed by atoms with Gasteiger partial charge >= 0.3 is 0 Å². The van der Waals surface area contributed by atoms with Gasteiger partial charge in [-0.05, 0) is 44.9 Å². The van der Waals surface area contributed by atoms with E-state index in [1.807, 2.05) is 24.3 Å². The van der Waals surface area contributed by atoms with Crippen LogP contribution in [0.15, 0.2) is 24.3 Å². The normalized spacial score (nSPS) is 32.2. The van der Waals surface area contributed by atoms with Crippen LogP contribution >= 0.6 is 11.6 Å². The largest absolute Gasteiger partial charge is 0.378 e. The number of nitrogens with two attached hydrogens (primary N) is 1. The number of halogens is 1. The predicted molar refractivity (Wildman–Crippen MR) is 76.1 cm³/mol. The summed E-state index contributed by atoms with van der Waals surface area (Å²) in [7, 11) is 0. The molecule has 18 heavy (non-hydrogen) atoms. The van der Waals surface area contributed by atoms with Crippen LogP contribution in [-0.2, 0) is 4.74 Å². The van der Waals surface area contributed by atoms with Crippen molar-refractivity contribution in [2.45, 2.75) is 44.4 Å². The summed E-state index contributed by atoms with van der Waals surface area (Å²) in [5, 5.41) is 4.29. The van der Waals surface area contributed by atoms with Crippen molar-refractivity contribution < 1.29 is 4.74 Å². The fourth-order valence-corrected chi connectivity index (χ4v) is 3.06. The average Bonchev–Trinajstić information content (AvgIpc) is 2.27. The molecule has 1 heterocycles. The van der Waals surface area contributed by atoms with Gasteiger partial charge in [-0.2, -0.15) is 0 Å². The summed E-state index contributed by atoms with van der Waals surface area (Å²) in [6.45, 7) is 4.79. The van der Waals surface area contributed by atoms with Gasteiger partial charge in [0.2, 0.25) is 0 Å². The maximum atomic E-state index is 6.01. The van der Waals surface area contributed by atoms with Crippen LogP contribution in [0.2, 0.25) is 5.02 Å². The van der Waals surface area contributed by atoms with E-state index in [1.165, 1.54) is 0 Å². The maximum absolute atomic E-state index is 6.01. The van der Waals surface area contributed by atoms with Crippen molar-refractivity contribution in [3.8, 4) is 0 Å². The smallest absolute Gasteiger partial charge is 0.0573 e. The number of ether oxygens (including phenoxy) is 1. The zero-order chi connectivity index (χ0) is 13.2. The first kappa shape index (κ1) is 13.7. The highest BCUT2D eigenvalue weighted by Gasteiger charge is 2.37. The summed E-state index contributed by atoms with van der Waals surface area (Å²) in [6, 6.07) is 7.77. The van der Waals surface area contributed by atoms with Gasteiger partial charge in [-0.3, -0.25) is 0 Å². The number of nitrogens with one attached hydrogen (secondary N) is 1. The molecule has 1 aromatic carbocycles. The van der Waals surface area contributed by atoms with Gasteiger partial charge in [0, 0.05) is 17.3 Å². The van der Waals surface area contributed by atoms with Crippen LogP contribution in [0.5, 0.6) is 0 Å². The van der Waals surface area contributed by atoms with Gasteiger partial charge < -0.3 is 15.8 Å². The van der Waals surface area contributed by atoms with Gasteiger partial charge in [0.1, 0.15) is 0 Å². The third kappa shape index (κ3) is 3.16. The van der Waals surface area contributed by atoms with Crippen molar-refractivity contribution in [1.82, 2.24) is 0 Å². The van der Waals surface area contributed by atoms with Crippen molar-refractivity contribution in [3.05, 3.63) is 29.3 Å². The van der Waals surface area contributed by atoms with Gasteiger partial charge in [0.05, 0.1) is 17.7 Å². The molecule has 3 nitrogen and oxygen atoms in total. The molecule has 0 bridgehead atoms. The Hall–Kier alpha value is -0.770. The van der Waals surface area contributed by atoms with Crippen molar-refractivity contribution in [2.75, 3.05) is 11.9 Å². The Kier molecular flexibility index (Phi) is 4.15. The minimum absolute atomic E-state index is 0.0955. The lowest BCUT2D eigenvalue weighted by Gasteiger charge is -2.43. The Morgan fingerprint density at radius 2 is 2.06 bits per heavy atom. The van der Waals surface area contributed by atoms with E-state index in [0.29, 0.717) is 6.54 Å². The second-order valence-corrected chi connectivity index (χ2v) is 5.72. The number of anilines is 1. The Bertz CT molecular complexity index is 401. The van der Waals surface area contributed by atoms with Crippen LogP contribution < -0.4 is 11.1 Å². The van der Waals surface area contributed by atoms with Crippen LogP contribution in [0.1, 0.15) is 26.7 Å². The molecule has 1 aliphatic heterocycles. The van der Waals surface area contributed by atoms with Crippen molar-refractivity contribution in [2.24, 2.45) is 5.73 Å². The van der Waals surface area contributed by atoms with Gasteiger partial charge in [-0.25, -0.2) is 0 Å². The Morgan fingerprint density at radius 1 is 1.39 bits per heavy atom. The Morgan fingerprint density at radius 3 is 2.61 bits per heavy atom. The van der Waals surface area contributed by atoms with E-state index in [1.54, 1.807) is 0 Å². The highest BCUT2D eigenvalue weighted by Crippen LogP contribution is 2.32. The van der Waals surface area contributed by atoms with E-state index in [9.17, 15) is 0 Å². The standard InChI is InChI=1S/C14H21ClN2O/c1-10-7-14(9-16,8-11(2)18-10)17-13-5-3-4-12(15)6-13/h3-6,10-11,17H,7-9,16H2,1-2H3. The lowest BCUT2D eigenvalue weighted by molar-refractivity contribution is -0.0536. The van der Waals surface area contributed by atoms with Crippen molar-refractivity contribution >= 4 is 17.3 Å². The molecule has 0 aliphatic carbocycles. The molecule has 3 N–H and O–H groups in total. The third-order valence-corrected chi connectivity index (χ3v) is 3.68. The first-order chi connectivity index (χ1) is 8.53. The minimum Gasteiger partial charge on any atom is -0.378 e. The van der Waals surface area contributed by atoms with Crippen LogP contribution in [0.3, 0.4) is 0 Å². The van der Waals surface area contributed by atoms with E-state index in [4.69, 9.17) is 22.1 Å². The van der Waals surface area contributed by atoms with E-state index in [-0.39, 0.29) is 17.7 Å². The lowest BCUT2D eigenvalue weighted by atomic mass is 9.84. The average molecular weight is 269 g/mol. The van der Waals surface area contributed by atoms with Gasteiger partial charge in [0.15, 0.2) is 0 Å². The summed E-state index contributed by atoms with van der Waals surface area (Å²) >= 11 is 6.01. The van der Waals surface area contributed by atoms with Crippen LogP contribution in [0.4, 0.5) is 5.69 Å². The Balaban J connectivity index is 2.17. The molecule has 100 valence electrons. The second-order valence-electron chi connectivity index (χ2n) is 5.29. The molecule has 0 spiro atoms. The van der Waals surface area contributed by atoms with Crippen LogP contribution in [0.25, 0.3) is 0 Å². The molecule has 0 saturated carbocycles. The topological polar surface area (TPSA) is 47.3 Å². The van der Waals surface area contributed by atoms with Gasteiger partial charge in [-0.15, -0.1) is 0 Å². The zero-order valence-corrected chi connectivity index (χ0v) is 11.7. The summed E-state index contributed by atoms with van der Waals surface area (Å²) < 4.78 is 5.78. The van der Waals surface area contributed by atoms with Gasteiger partial charge in [0.25, 0.3) is 0 Å². The van der Waals surface area contributed by atoms with E-state index in [0.717, 1.165) is 23.6 Å². The SMILES string of the molecule is CC1CC(CN)(Nc2cccc(Cl)c2)CC(C)O1. The zero-order valence-electron chi connectivity index (χ0n) is 10.9. The number of rotatable bonds is 3. The quantitative estimate of drug-likeness (QED) is 0.886. The highest BCUT2D eigenvalue weighted by atomic mass is 35.5. The fourth-order valence-electron chi connectivity index (χ4n) is 2.87. The molecule has 1 aliphatic rings. The number of hydrogen-bond donors (Lipinski definition) is 2. The molecule has 0 amide bonds. The number of benzene rings is 1. The minimum atomic E-state index is -0.0955. The molecule has 0 radical (unpaired) electrons. The second kappa shape index (κ2) is 5.47. The number of hydrogen-bond acceptors (Lipinski definition) is 3. The first-order valence-electron chi connectivity index (χ1n) is 6.42. The highest BCUT2D eigenvalue weighted by molar-refractivity contribution is 6.30. The lowest BCUT2D eigenvalue weighted by Crippen LogP contribution is -2.53. The molecule has 1 aromatic rings. The summed E-state index contributed by atoms with van der Waals surface area (Å²) in [6.07, 6.45) is 2.29. The molecular weight excluding hydrogens is 248 g/mol. The molecule has 2 unspecified atom stereocenters. The molecule has 2 rings (SSSR count). The molecule has 1 saturated heterocycles. The summed E-state index contributed by atoms with van der Waals surface area (Å²) in [4.78, 5) is 0. The fraction of sp³-hybridized carbons (Fsp3) is 0.571. The molecular formula is C14H21ClN2O. The summed E-state index contributed by atoms with van der Waals surface area (Å²) in [5.74, 6) is 0. The third-order valence-electron chi connectivity index (χ3n) is 3.45. The monoisotopic (exact) mass is 268 g/mol. The van der Waals surface area contributed by atoms with E-state index >= 15 is 0 Å². The molecule has 2 atom stereocenters. The first-order valence-corrected chi connectivity index (χ1v) is 6.80. The summed E-state index contributed by atoms with van der Waals surface area (Å²) in [5.41, 5.74) is 6.92. The van der Waals surface area contributed by atoms with Crippen LogP contribution in [-0.4, -0.2) is 24.3 Å². The molecule has 1 fully saturated rings. The van der Waals surface area contributed by atoms with E-state index in [2.05, 4.69) is 19.2 Å². The maximum Gasteiger partial charge on any atom is 0.0573 e. The van der Waals surface area contributed by atoms with Crippen LogP contribution in [0, 0.1) is 0 Å². The molecule has 4 heteroatoms. The van der Waals surface area contributed by atoms with E-state index < -0.39 is 0 Å². The Labute approximate surface area is 114 Å². The van der Waals surface area contributed by atoms with Crippen molar-refractivity contribution in [3.63, 3.8) is 0 Å². The van der Waals surface area contributed by atoms with Crippen molar-refractivity contribution in [1.29, 1.82) is 0 Å². The predicted octanol–water partition coefficient (Wildman–Crippen LogP) is 3.04.